The van der Waals surface area contributed by atoms with Gasteiger partial charge in [-0.25, -0.2) is 9.36 Å². The number of primary amides is 1. The van der Waals surface area contributed by atoms with Crippen LogP contribution in [0.2, 0.25) is 0 Å². The lowest BCUT2D eigenvalue weighted by atomic mass is 9.78. The van der Waals surface area contributed by atoms with Gasteiger partial charge >= 0.3 is 0 Å². The van der Waals surface area contributed by atoms with E-state index in [1.54, 1.807) is 0 Å². The summed E-state index contributed by atoms with van der Waals surface area (Å²) in [5.41, 5.74) is 29.2. The van der Waals surface area contributed by atoms with Crippen molar-refractivity contribution in [2.75, 3.05) is 16.4 Å². The molecule has 2 aromatic heterocycles. The van der Waals surface area contributed by atoms with E-state index in [2.05, 4.69) is 186 Å². The molecule has 11 nitrogen and oxygen atoms in total. The number of amides is 2. The quantitative estimate of drug-likeness (QED) is 0.105. The van der Waals surface area contributed by atoms with Gasteiger partial charge in [0.15, 0.2) is 0 Å². The average molecular weight is 1080 g/mol. The van der Waals surface area contributed by atoms with Crippen molar-refractivity contribution in [3.63, 3.8) is 0 Å². The highest BCUT2D eigenvalue weighted by Crippen LogP contribution is 2.44. The van der Waals surface area contributed by atoms with E-state index in [1.165, 1.54) is 68.7 Å². The predicted molar refractivity (Wildman–Crippen MR) is 328 cm³/mol. The standard InChI is InChI=1S/C70H80N8O3/c1-42(2)41-81-62-33-48(32-47(7)64(62)78-66(49-22-26-51(27-23-49)67(71)79)57-38-75(40-59(57)74-78)60-34-53(69(8,9)10)30-20-43(60)3)36-70(11,12)54-31-21-44(4)61(35-54)76-37-56-58(39-76)73-77(63-45(5)16-15-17-46(63)6)65(56)50-24-28-52(29-25-50)68(80)72-55-18-13-14-19-55/h15-17,20-35,42,55H,13-14,18-19,36-41H2,1-12H3,(H2,71,79)(H,72,80). The van der Waals surface area contributed by atoms with Crippen molar-refractivity contribution < 1.29 is 14.3 Å². The smallest absolute Gasteiger partial charge is 0.251 e. The summed E-state index contributed by atoms with van der Waals surface area (Å²) in [6, 6.07) is 40.8. The Labute approximate surface area is 479 Å². The highest BCUT2D eigenvalue weighted by Gasteiger charge is 2.35. The summed E-state index contributed by atoms with van der Waals surface area (Å²) in [4.78, 5) is 30.6. The van der Waals surface area contributed by atoms with Gasteiger partial charge in [0.25, 0.3) is 5.91 Å². The number of aromatic nitrogens is 4. The molecule has 4 heterocycles. The zero-order valence-electron chi connectivity index (χ0n) is 49.7. The van der Waals surface area contributed by atoms with Gasteiger partial charge in [0.1, 0.15) is 11.4 Å². The Morgan fingerprint density at radius 2 is 1.14 bits per heavy atom. The molecule has 1 saturated carbocycles. The van der Waals surface area contributed by atoms with Crippen molar-refractivity contribution in [3.8, 4) is 39.6 Å². The van der Waals surface area contributed by atoms with Crippen molar-refractivity contribution in [1.29, 1.82) is 0 Å². The Morgan fingerprint density at radius 3 is 1.67 bits per heavy atom. The first-order valence-corrected chi connectivity index (χ1v) is 29.2. The fourth-order valence-corrected chi connectivity index (χ4v) is 12.7. The van der Waals surface area contributed by atoms with Crippen LogP contribution < -0.4 is 25.6 Å². The number of aryl methyl sites for hydroxylation is 5. The first kappa shape index (κ1) is 55.0. The maximum atomic E-state index is 13.4. The Bertz CT molecular complexity index is 3700. The molecule has 0 saturated heterocycles. The van der Waals surface area contributed by atoms with Crippen LogP contribution in [0.25, 0.3) is 33.9 Å². The second-order valence-corrected chi connectivity index (χ2v) is 25.6. The number of carbonyl (C=O) groups excluding carboxylic acids is 2. The third-order valence-corrected chi connectivity index (χ3v) is 17.2. The molecule has 3 aliphatic rings. The third kappa shape index (κ3) is 10.8. The number of para-hydroxylation sites is 1. The van der Waals surface area contributed by atoms with Crippen molar-refractivity contribution in [1.82, 2.24) is 24.9 Å². The molecular weight excluding hydrogens is 1000 g/mol. The molecule has 6 aromatic carbocycles. The van der Waals surface area contributed by atoms with Crippen molar-refractivity contribution >= 4 is 23.2 Å². The number of anilines is 2. The molecule has 11 rings (SSSR count). The minimum Gasteiger partial charge on any atom is -0.491 e. The van der Waals surface area contributed by atoms with Gasteiger partial charge in [0, 0.05) is 63.9 Å². The van der Waals surface area contributed by atoms with E-state index in [1.807, 2.05) is 36.4 Å². The third-order valence-electron chi connectivity index (χ3n) is 17.2. The van der Waals surface area contributed by atoms with Gasteiger partial charge < -0.3 is 25.6 Å². The number of nitrogens with zero attached hydrogens (tertiary/aromatic N) is 6. The normalized spacial score (nSPS) is 14.5. The second kappa shape index (κ2) is 21.5. The molecule has 3 N–H and O–H groups in total. The summed E-state index contributed by atoms with van der Waals surface area (Å²) in [6.45, 7) is 30.0. The van der Waals surface area contributed by atoms with Crippen LogP contribution in [0.3, 0.4) is 0 Å². The summed E-state index contributed by atoms with van der Waals surface area (Å²) in [6.07, 6.45) is 5.22. The first-order valence-electron chi connectivity index (χ1n) is 29.2. The van der Waals surface area contributed by atoms with Crippen LogP contribution in [0.1, 0.15) is 162 Å². The second-order valence-electron chi connectivity index (χ2n) is 25.6. The van der Waals surface area contributed by atoms with Gasteiger partial charge in [-0.1, -0.05) is 134 Å². The summed E-state index contributed by atoms with van der Waals surface area (Å²) < 4.78 is 11.1. The molecule has 0 radical (unpaired) electrons. The summed E-state index contributed by atoms with van der Waals surface area (Å²) in [7, 11) is 0. The van der Waals surface area contributed by atoms with Gasteiger partial charge in [-0.15, -0.1) is 0 Å². The van der Waals surface area contributed by atoms with E-state index in [0.29, 0.717) is 49.8 Å². The van der Waals surface area contributed by atoms with Gasteiger partial charge in [0.05, 0.1) is 48.2 Å². The Balaban J connectivity index is 0.911. The Hall–Kier alpha value is -7.92. The van der Waals surface area contributed by atoms with Crippen LogP contribution in [0, 0.1) is 40.5 Å². The fourth-order valence-electron chi connectivity index (χ4n) is 12.7. The highest BCUT2D eigenvalue weighted by molar-refractivity contribution is 5.95. The van der Waals surface area contributed by atoms with Crippen LogP contribution in [0.15, 0.2) is 115 Å². The highest BCUT2D eigenvalue weighted by atomic mass is 16.5. The molecule has 0 unspecified atom stereocenters. The lowest BCUT2D eigenvalue weighted by Gasteiger charge is -2.29. The van der Waals surface area contributed by atoms with Crippen molar-refractivity contribution in [2.24, 2.45) is 11.7 Å². The van der Waals surface area contributed by atoms with Gasteiger partial charge in [-0.3, -0.25) is 9.59 Å². The summed E-state index contributed by atoms with van der Waals surface area (Å²) in [5.74, 6) is 0.636. The van der Waals surface area contributed by atoms with Gasteiger partial charge in [0.2, 0.25) is 5.91 Å². The molecule has 2 aliphatic heterocycles. The van der Waals surface area contributed by atoms with Gasteiger partial charge in [-0.2, -0.15) is 10.2 Å². The zero-order valence-corrected chi connectivity index (χ0v) is 49.7. The van der Waals surface area contributed by atoms with E-state index in [0.717, 1.165) is 81.4 Å². The molecule has 1 aliphatic carbocycles. The van der Waals surface area contributed by atoms with E-state index >= 15 is 0 Å². The van der Waals surface area contributed by atoms with Crippen molar-refractivity contribution in [3.05, 3.63) is 193 Å². The van der Waals surface area contributed by atoms with Crippen LogP contribution in [-0.2, 0) is 43.4 Å². The minimum absolute atomic E-state index is 0.00252. The molecule has 0 atom stereocenters. The summed E-state index contributed by atoms with van der Waals surface area (Å²) >= 11 is 0. The number of hydrogen-bond acceptors (Lipinski definition) is 7. The number of nitrogens with one attached hydrogen (secondary N) is 1. The number of fused-ring (bicyclic) bond motifs is 2. The lowest BCUT2D eigenvalue weighted by molar-refractivity contribution is 0.0936. The zero-order chi connectivity index (χ0) is 57.2. The number of rotatable bonds is 15. The molecule has 81 heavy (non-hydrogen) atoms. The van der Waals surface area contributed by atoms with Crippen molar-refractivity contribution in [2.45, 2.75) is 158 Å². The fraction of sp³-hybridized carbons (Fsp3) is 0.371. The molecule has 0 bridgehead atoms. The van der Waals surface area contributed by atoms with Crippen LogP contribution in [0.4, 0.5) is 11.4 Å². The Kier molecular flexibility index (Phi) is 14.6. The Morgan fingerprint density at radius 1 is 0.617 bits per heavy atom. The number of nitrogens with two attached hydrogens (primary N) is 1. The van der Waals surface area contributed by atoms with Crippen LogP contribution >= 0.6 is 0 Å². The lowest BCUT2D eigenvalue weighted by Crippen LogP contribution is -2.32. The largest absolute Gasteiger partial charge is 0.491 e. The van der Waals surface area contributed by atoms with E-state index in [9.17, 15) is 9.59 Å². The minimum atomic E-state index is -0.456. The monoisotopic (exact) mass is 1080 g/mol. The van der Waals surface area contributed by atoms with Crippen LogP contribution in [-0.4, -0.2) is 44.0 Å². The average Bonchev–Trinajstić information content (AvgIpc) is 3.76. The molecule has 11 heteroatoms. The summed E-state index contributed by atoms with van der Waals surface area (Å²) in [5, 5.41) is 14.2. The molecule has 2 amide bonds. The van der Waals surface area contributed by atoms with E-state index in [-0.39, 0.29) is 22.8 Å². The number of ether oxygens (including phenoxy) is 1. The molecular formula is C70H80N8O3. The molecule has 8 aromatic rings. The maximum absolute atomic E-state index is 13.4. The maximum Gasteiger partial charge on any atom is 0.251 e. The predicted octanol–water partition coefficient (Wildman–Crippen LogP) is 14.6. The molecule has 0 spiro atoms. The molecule has 418 valence electrons. The first-order chi connectivity index (χ1) is 38.6. The number of carbonyl (C=O) groups is 2. The topological polar surface area (TPSA) is 124 Å². The molecule has 1 fully saturated rings. The number of benzene rings is 6. The van der Waals surface area contributed by atoms with Gasteiger partial charge in [-0.05, 0) is 158 Å². The van der Waals surface area contributed by atoms with E-state index in [4.69, 9.17) is 20.7 Å². The SMILES string of the molecule is Cc1ccc(C(C)(C)Cc2cc(C)c(-n3nc4c(c3-c3ccc(C(N)=O)cc3)CN(c3cc(C(C)(C)C)ccc3C)C4)c(OCC(C)C)c2)cc1N1Cc2nn(-c3c(C)cccc3C)c(-c3ccc(C(=O)NC4CCCC4)cc3)c2C1. The number of hydrogen-bond donors (Lipinski definition) is 2. The van der Waals surface area contributed by atoms with Crippen LogP contribution in [0.5, 0.6) is 5.75 Å². The van der Waals surface area contributed by atoms with E-state index < -0.39 is 5.91 Å².